The molecular formula is C21H39N. The molecule has 1 aromatic rings. The number of hydrogen-bond donors (Lipinski definition) is 1. The summed E-state index contributed by atoms with van der Waals surface area (Å²) in [6, 6.07) is 11.2. The number of nitrogens with two attached hydrogens (primary N) is 1. The molecule has 1 heteroatoms. The summed E-state index contributed by atoms with van der Waals surface area (Å²) in [6.07, 6.45) is 15.5. The minimum atomic E-state index is 0.333. The Morgan fingerprint density at radius 3 is 1.59 bits per heavy atom. The van der Waals surface area contributed by atoms with Gasteiger partial charge in [0, 0.05) is 0 Å². The van der Waals surface area contributed by atoms with Crippen LogP contribution in [-0.2, 0) is 6.42 Å². The van der Waals surface area contributed by atoms with E-state index in [1.165, 1.54) is 76.2 Å². The molecule has 1 nitrogen and oxygen atoms in total. The smallest absolute Gasteiger partial charge is 0.00179 e. The Hall–Kier alpha value is -0.820. The monoisotopic (exact) mass is 305 g/mol. The van der Waals surface area contributed by atoms with Crippen LogP contribution in [0.1, 0.15) is 90.5 Å². The molecular weight excluding hydrogens is 266 g/mol. The summed E-state index contributed by atoms with van der Waals surface area (Å²) in [5.74, 6) is 0. The van der Waals surface area contributed by atoms with E-state index >= 15 is 0 Å². The highest BCUT2D eigenvalue weighted by atomic mass is 14.6. The summed E-state index contributed by atoms with van der Waals surface area (Å²) in [4.78, 5) is 0. The molecule has 0 fully saturated rings. The van der Waals surface area contributed by atoms with Crippen molar-refractivity contribution in [2.75, 3.05) is 0 Å². The lowest BCUT2D eigenvalue weighted by molar-refractivity contribution is 0.556. The van der Waals surface area contributed by atoms with Gasteiger partial charge in [-0.05, 0) is 24.4 Å². The topological polar surface area (TPSA) is 26.0 Å². The summed E-state index contributed by atoms with van der Waals surface area (Å²) in [6.45, 7) is 6.17. The normalized spacial score (nSPS) is 10.4. The summed E-state index contributed by atoms with van der Waals surface area (Å²) in [5, 5.41) is 0. The van der Waals surface area contributed by atoms with Crippen molar-refractivity contribution in [2.45, 2.75) is 97.4 Å². The Bertz CT molecular complexity index is 302. The first kappa shape index (κ1) is 21.2. The van der Waals surface area contributed by atoms with Crippen molar-refractivity contribution < 1.29 is 0 Å². The Morgan fingerprint density at radius 2 is 1.14 bits per heavy atom. The van der Waals surface area contributed by atoms with Crippen LogP contribution in [0.3, 0.4) is 0 Å². The molecule has 0 radical (unpaired) electrons. The molecule has 0 saturated carbocycles. The zero-order valence-corrected chi connectivity index (χ0v) is 15.3. The van der Waals surface area contributed by atoms with Gasteiger partial charge in [-0.15, -0.1) is 0 Å². The second-order valence-electron chi connectivity index (χ2n) is 6.66. The van der Waals surface area contributed by atoms with Crippen LogP contribution >= 0.6 is 0 Å². The predicted octanol–water partition coefficient (Wildman–Crippen LogP) is 6.50. The summed E-state index contributed by atoms with van der Waals surface area (Å²) >= 11 is 0. The van der Waals surface area contributed by atoms with Crippen LogP contribution < -0.4 is 5.73 Å². The van der Waals surface area contributed by atoms with Crippen LogP contribution in [0.4, 0.5) is 0 Å². The third-order valence-electron chi connectivity index (χ3n) is 3.66. The van der Waals surface area contributed by atoms with Crippen LogP contribution in [0.5, 0.6) is 0 Å². The Kier molecular flexibility index (Phi) is 15.9. The van der Waals surface area contributed by atoms with Gasteiger partial charge in [-0.1, -0.05) is 109 Å². The van der Waals surface area contributed by atoms with E-state index in [0.717, 1.165) is 0 Å². The molecule has 0 unspecified atom stereocenters. The minimum Gasteiger partial charge on any atom is -0.328 e. The van der Waals surface area contributed by atoms with Crippen LogP contribution in [-0.4, -0.2) is 6.04 Å². The summed E-state index contributed by atoms with van der Waals surface area (Å²) in [5.41, 5.74) is 6.61. The van der Waals surface area contributed by atoms with E-state index in [9.17, 15) is 0 Å². The van der Waals surface area contributed by atoms with E-state index < -0.39 is 0 Å². The van der Waals surface area contributed by atoms with Gasteiger partial charge in [0.15, 0.2) is 0 Å². The average molecular weight is 306 g/mol. The predicted molar refractivity (Wildman–Crippen MR) is 101 cm³/mol. The molecule has 0 amide bonds. The van der Waals surface area contributed by atoms with E-state index in [2.05, 4.69) is 37.3 Å². The van der Waals surface area contributed by atoms with Crippen molar-refractivity contribution in [1.82, 2.24) is 0 Å². The molecule has 0 aliphatic rings. The standard InChI is InChI=1S/C18H30.C3H9N/c1-2-3-4-5-6-7-8-9-10-12-15-18-16-13-11-14-17-18;1-3(2)4/h11,13-14,16-17H,2-10,12,15H2,1H3;3H,4H2,1-2H3. The van der Waals surface area contributed by atoms with Crippen molar-refractivity contribution in [3.05, 3.63) is 35.9 Å². The van der Waals surface area contributed by atoms with Gasteiger partial charge in [-0.3, -0.25) is 0 Å². The van der Waals surface area contributed by atoms with Crippen molar-refractivity contribution in [3.8, 4) is 0 Å². The van der Waals surface area contributed by atoms with Crippen LogP contribution in [0.15, 0.2) is 30.3 Å². The van der Waals surface area contributed by atoms with E-state index in [4.69, 9.17) is 5.73 Å². The number of rotatable bonds is 11. The molecule has 0 aliphatic carbocycles. The van der Waals surface area contributed by atoms with Gasteiger partial charge >= 0.3 is 0 Å². The lowest BCUT2D eigenvalue weighted by Gasteiger charge is -2.03. The van der Waals surface area contributed by atoms with E-state index in [0.29, 0.717) is 6.04 Å². The fraction of sp³-hybridized carbons (Fsp3) is 0.714. The maximum atomic E-state index is 5.11. The maximum absolute atomic E-state index is 5.11. The Morgan fingerprint density at radius 1 is 0.727 bits per heavy atom. The Balaban J connectivity index is 0.000000980. The van der Waals surface area contributed by atoms with E-state index in [-0.39, 0.29) is 0 Å². The van der Waals surface area contributed by atoms with E-state index in [1.54, 1.807) is 0 Å². The quantitative estimate of drug-likeness (QED) is 0.464. The van der Waals surface area contributed by atoms with Crippen molar-refractivity contribution >= 4 is 0 Å². The molecule has 1 aromatic carbocycles. The average Bonchev–Trinajstić information content (AvgIpc) is 2.50. The van der Waals surface area contributed by atoms with Gasteiger partial charge in [0.2, 0.25) is 0 Å². The van der Waals surface area contributed by atoms with Gasteiger partial charge in [0.1, 0.15) is 0 Å². The maximum Gasteiger partial charge on any atom is -0.00179 e. The molecule has 128 valence electrons. The number of benzene rings is 1. The fourth-order valence-electron chi connectivity index (χ4n) is 2.46. The molecule has 0 atom stereocenters. The molecule has 2 N–H and O–H groups in total. The first-order valence-electron chi connectivity index (χ1n) is 9.46. The molecule has 1 rings (SSSR count). The lowest BCUT2D eigenvalue weighted by Crippen LogP contribution is -2.06. The molecule has 0 saturated heterocycles. The third-order valence-corrected chi connectivity index (χ3v) is 3.66. The van der Waals surface area contributed by atoms with Gasteiger partial charge in [-0.2, -0.15) is 0 Å². The highest BCUT2D eigenvalue weighted by Gasteiger charge is 1.94. The SMILES string of the molecule is CC(C)N.CCCCCCCCCCCCc1ccccc1. The minimum absolute atomic E-state index is 0.333. The molecule has 0 aromatic heterocycles. The first-order valence-corrected chi connectivity index (χ1v) is 9.46. The van der Waals surface area contributed by atoms with Gasteiger partial charge in [0.05, 0.1) is 0 Å². The fourth-order valence-corrected chi connectivity index (χ4v) is 2.46. The zero-order chi connectivity index (χ0) is 16.5. The third kappa shape index (κ3) is 17.2. The molecule has 22 heavy (non-hydrogen) atoms. The molecule has 0 spiro atoms. The number of aryl methyl sites for hydroxylation is 1. The van der Waals surface area contributed by atoms with Crippen LogP contribution in [0, 0.1) is 0 Å². The molecule has 0 bridgehead atoms. The van der Waals surface area contributed by atoms with Crippen LogP contribution in [0.25, 0.3) is 0 Å². The second-order valence-corrected chi connectivity index (χ2v) is 6.66. The van der Waals surface area contributed by atoms with Gasteiger partial charge in [-0.25, -0.2) is 0 Å². The second kappa shape index (κ2) is 16.5. The molecule has 0 heterocycles. The summed E-state index contributed by atoms with van der Waals surface area (Å²) < 4.78 is 0. The Labute approximate surface area is 139 Å². The number of hydrogen-bond acceptors (Lipinski definition) is 1. The highest BCUT2D eigenvalue weighted by Crippen LogP contribution is 2.12. The largest absolute Gasteiger partial charge is 0.328 e. The first-order chi connectivity index (χ1) is 10.7. The number of unbranched alkanes of at least 4 members (excludes halogenated alkanes) is 9. The van der Waals surface area contributed by atoms with Crippen LogP contribution in [0.2, 0.25) is 0 Å². The molecule has 0 aliphatic heterocycles. The van der Waals surface area contributed by atoms with Gasteiger partial charge < -0.3 is 5.73 Å². The summed E-state index contributed by atoms with van der Waals surface area (Å²) in [7, 11) is 0. The van der Waals surface area contributed by atoms with Crippen molar-refractivity contribution in [1.29, 1.82) is 0 Å². The van der Waals surface area contributed by atoms with Gasteiger partial charge in [0.25, 0.3) is 0 Å². The van der Waals surface area contributed by atoms with Crippen molar-refractivity contribution in [3.63, 3.8) is 0 Å². The van der Waals surface area contributed by atoms with E-state index in [1.807, 2.05) is 13.8 Å². The zero-order valence-electron chi connectivity index (χ0n) is 15.3. The van der Waals surface area contributed by atoms with Crippen molar-refractivity contribution in [2.24, 2.45) is 5.73 Å². The lowest BCUT2D eigenvalue weighted by atomic mass is 10.0. The highest BCUT2D eigenvalue weighted by molar-refractivity contribution is 5.14.